The first-order valence-corrected chi connectivity index (χ1v) is 8.40. The molecule has 0 aliphatic heterocycles. The number of nitrogens with zero attached hydrogens (tertiary/aromatic N) is 2. The highest BCUT2D eigenvalue weighted by Gasteiger charge is 2.14. The molecule has 0 radical (unpaired) electrons. The third-order valence-electron chi connectivity index (χ3n) is 3.85. The van der Waals surface area contributed by atoms with E-state index < -0.39 is 0 Å². The second kappa shape index (κ2) is 7.25. The molecule has 0 fully saturated rings. The molecule has 25 heavy (non-hydrogen) atoms. The number of halogens is 2. The van der Waals surface area contributed by atoms with Crippen molar-refractivity contribution < 1.29 is 4.79 Å². The smallest absolute Gasteiger partial charge is 0.261 e. The Morgan fingerprint density at radius 2 is 2.00 bits per heavy atom. The molecule has 5 nitrogen and oxygen atoms in total. The van der Waals surface area contributed by atoms with Crippen molar-refractivity contribution in [3.8, 4) is 0 Å². The third-order valence-corrected chi connectivity index (χ3v) is 4.43. The number of aromatic nitrogens is 2. The van der Waals surface area contributed by atoms with E-state index in [-0.39, 0.29) is 24.1 Å². The first-order chi connectivity index (χ1) is 12.0. The summed E-state index contributed by atoms with van der Waals surface area (Å²) in [6.45, 7) is 1.70. The van der Waals surface area contributed by atoms with E-state index in [2.05, 4.69) is 10.3 Å². The molecule has 3 rings (SSSR count). The minimum atomic E-state index is -0.312. The number of rotatable bonds is 4. The Balaban J connectivity index is 1.79. The van der Waals surface area contributed by atoms with Gasteiger partial charge in [0.15, 0.2) is 0 Å². The molecule has 0 aliphatic rings. The highest BCUT2D eigenvalue weighted by Crippen LogP contribution is 2.22. The van der Waals surface area contributed by atoms with Gasteiger partial charge in [0.2, 0.25) is 5.91 Å². The number of hydrogen-bond donors (Lipinski definition) is 1. The van der Waals surface area contributed by atoms with E-state index in [1.165, 1.54) is 10.9 Å². The standard InChI is InChI=1S/C18H15Cl2N3O2/c1-11(13-4-2-3-5-15(13)20)22-17(24)9-23-10-21-16-7-6-12(19)8-14(16)18(23)25/h2-8,10-11H,9H2,1H3,(H,22,24)/t11-/m1/s1. The fourth-order valence-electron chi connectivity index (χ4n) is 2.59. The van der Waals surface area contributed by atoms with E-state index in [0.717, 1.165) is 5.56 Å². The van der Waals surface area contributed by atoms with Crippen molar-refractivity contribution in [3.05, 3.63) is 74.8 Å². The van der Waals surface area contributed by atoms with Gasteiger partial charge in [-0.2, -0.15) is 0 Å². The SMILES string of the molecule is C[C@@H](NC(=O)Cn1cnc2ccc(Cl)cc2c1=O)c1ccccc1Cl. The van der Waals surface area contributed by atoms with Gasteiger partial charge in [-0.1, -0.05) is 41.4 Å². The molecule has 1 N–H and O–H groups in total. The molecule has 0 bridgehead atoms. The van der Waals surface area contributed by atoms with Crippen molar-refractivity contribution in [3.63, 3.8) is 0 Å². The van der Waals surface area contributed by atoms with E-state index in [1.807, 2.05) is 25.1 Å². The zero-order valence-electron chi connectivity index (χ0n) is 13.4. The summed E-state index contributed by atoms with van der Waals surface area (Å²) < 4.78 is 1.26. The van der Waals surface area contributed by atoms with Crippen LogP contribution in [0.3, 0.4) is 0 Å². The van der Waals surface area contributed by atoms with Crippen LogP contribution in [-0.4, -0.2) is 15.5 Å². The number of hydrogen-bond acceptors (Lipinski definition) is 3. The lowest BCUT2D eigenvalue weighted by Crippen LogP contribution is -2.34. The number of carbonyl (C=O) groups excluding carboxylic acids is 1. The molecule has 0 aliphatic carbocycles. The first-order valence-electron chi connectivity index (χ1n) is 7.64. The summed E-state index contributed by atoms with van der Waals surface area (Å²) in [7, 11) is 0. The van der Waals surface area contributed by atoms with Crippen LogP contribution in [-0.2, 0) is 11.3 Å². The van der Waals surface area contributed by atoms with Gasteiger partial charge in [0.1, 0.15) is 6.54 Å². The molecule has 1 aromatic heterocycles. The summed E-state index contributed by atoms with van der Waals surface area (Å²) in [5, 5.41) is 4.24. The molecule has 0 saturated carbocycles. The van der Waals surface area contributed by atoms with Crippen molar-refractivity contribution in [1.82, 2.24) is 14.9 Å². The van der Waals surface area contributed by atoms with Gasteiger partial charge < -0.3 is 5.32 Å². The van der Waals surface area contributed by atoms with Gasteiger partial charge in [0.05, 0.1) is 23.3 Å². The molecule has 128 valence electrons. The fourth-order valence-corrected chi connectivity index (χ4v) is 3.06. The largest absolute Gasteiger partial charge is 0.348 e. The molecule has 3 aromatic rings. The van der Waals surface area contributed by atoms with Crippen LogP contribution in [0, 0.1) is 0 Å². The normalized spacial score (nSPS) is 12.1. The predicted octanol–water partition coefficient (Wildman–Crippen LogP) is 3.58. The number of fused-ring (bicyclic) bond motifs is 1. The van der Waals surface area contributed by atoms with Crippen molar-refractivity contribution >= 4 is 40.0 Å². The van der Waals surface area contributed by atoms with Crippen molar-refractivity contribution in [1.29, 1.82) is 0 Å². The Bertz CT molecular complexity index is 1000. The first kappa shape index (κ1) is 17.5. The van der Waals surface area contributed by atoms with Crippen LogP contribution in [0.15, 0.2) is 53.6 Å². The molecular formula is C18H15Cl2N3O2. The second-order valence-electron chi connectivity index (χ2n) is 5.65. The molecule has 0 saturated heterocycles. The van der Waals surface area contributed by atoms with Crippen LogP contribution in [0.4, 0.5) is 0 Å². The zero-order valence-corrected chi connectivity index (χ0v) is 14.9. The highest BCUT2D eigenvalue weighted by molar-refractivity contribution is 6.31. The maximum Gasteiger partial charge on any atom is 0.261 e. The number of carbonyl (C=O) groups is 1. The van der Waals surface area contributed by atoms with E-state index in [9.17, 15) is 9.59 Å². The van der Waals surface area contributed by atoms with E-state index in [4.69, 9.17) is 23.2 Å². The Labute approximate surface area is 154 Å². The molecule has 2 aromatic carbocycles. The van der Waals surface area contributed by atoms with Gasteiger partial charge in [-0.15, -0.1) is 0 Å². The average molecular weight is 376 g/mol. The van der Waals surface area contributed by atoms with E-state index in [1.54, 1.807) is 24.3 Å². The highest BCUT2D eigenvalue weighted by atomic mass is 35.5. The lowest BCUT2D eigenvalue weighted by molar-refractivity contribution is -0.122. The number of benzene rings is 2. The molecule has 7 heteroatoms. The lowest BCUT2D eigenvalue weighted by Gasteiger charge is -2.16. The van der Waals surface area contributed by atoms with Crippen LogP contribution >= 0.6 is 23.2 Å². The maximum atomic E-state index is 12.5. The maximum absolute atomic E-state index is 12.5. The molecule has 1 atom stereocenters. The summed E-state index contributed by atoms with van der Waals surface area (Å²) in [6, 6.07) is 11.9. The van der Waals surface area contributed by atoms with Gasteiger partial charge in [-0.05, 0) is 36.8 Å². The zero-order chi connectivity index (χ0) is 18.0. The quantitative estimate of drug-likeness (QED) is 0.757. The molecule has 0 unspecified atom stereocenters. The topological polar surface area (TPSA) is 64.0 Å². The van der Waals surface area contributed by atoms with E-state index >= 15 is 0 Å². The summed E-state index contributed by atoms with van der Waals surface area (Å²) in [4.78, 5) is 29.0. The van der Waals surface area contributed by atoms with Gasteiger partial charge in [-0.25, -0.2) is 4.98 Å². The Morgan fingerprint density at radius 3 is 2.76 bits per heavy atom. The van der Waals surface area contributed by atoms with Gasteiger partial charge in [0, 0.05) is 10.0 Å². The Morgan fingerprint density at radius 1 is 1.24 bits per heavy atom. The monoisotopic (exact) mass is 375 g/mol. The van der Waals surface area contributed by atoms with Gasteiger partial charge >= 0.3 is 0 Å². The molecule has 0 spiro atoms. The predicted molar refractivity (Wildman–Crippen MR) is 99.0 cm³/mol. The second-order valence-corrected chi connectivity index (χ2v) is 6.49. The van der Waals surface area contributed by atoms with Crippen LogP contribution in [0.5, 0.6) is 0 Å². The molecular weight excluding hydrogens is 361 g/mol. The Hall–Kier alpha value is -2.37. The molecule has 1 amide bonds. The summed E-state index contributed by atoms with van der Waals surface area (Å²) in [5.41, 5.74) is 1.04. The van der Waals surface area contributed by atoms with Gasteiger partial charge in [-0.3, -0.25) is 14.2 Å². The summed E-state index contributed by atoms with van der Waals surface area (Å²) in [5.74, 6) is -0.308. The Kier molecular flexibility index (Phi) is 5.06. The molecule has 1 heterocycles. The van der Waals surface area contributed by atoms with Crippen molar-refractivity contribution in [2.24, 2.45) is 0 Å². The minimum Gasteiger partial charge on any atom is -0.348 e. The summed E-state index contributed by atoms with van der Waals surface area (Å²) >= 11 is 12.1. The van der Waals surface area contributed by atoms with E-state index in [0.29, 0.717) is 20.9 Å². The van der Waals surface area contributed by atoms with Crippen LogP contribution in [0.1, 0.15) is 18.5 Å². The minimum absolute atomic E-state index is 0.136. The third kappa shape index (κ3) is 3.83. The van der Waals surface area contributed by atoms with Crippen LogP contribution < -0.4 is 10.9 Å². The lowest BCUT2D eigenvalue weighted by atomic mass is 10.1. The van der Waals surface area contributed by atoms with Crippen LogP contribution in [0.2, 0.25) is 10.0 Å². The van der Waals surface area contributed by atoms with Gasteiger partial charge in [0.25, 0.3) is 5.56 Å². The summed E-state index contributed by atoms with van der Waals surface area (Å²) in [6.07, 6.45) is 1.36. The number of amides is 1. The number of nitrogens with one attached hydrogen (secondary N) is 1. The van der Waals surface area contributed by atoms with Crippen molar-refractivity contribution in [2.75, 3.05) is 0 Å². The van der Waals surface area contributed by atoms with Crippen LogP contribution in [0.25, 0.3) is 10.9 Å². The average Bonchev–Trinajstić information content (AvgIpc) is 2.58. The van der Waals surface area contributed by atoms with Crippen molar-refractivity contribution in [2.45, 2.75) is 19.5 Å². The fraction of sp³-hybridized carbons (Fsp3) is 0.167.